The number of aromatic nitrogens is 1. The fraction of sp³-hybridized carbons (Fsp3) is 0.316. The van der Waals surface area contributed by atoms with Crippen LogP contribution in [0.2, 0.25) is 0 Å². The van der Waals surface area contributed by atoms with Gasteiger partial charge in [-0.05, 0) is 38.5 Å². The van der Waals surface area contributed by atoms with Gasteiger partial charge >= 0.3 is 6.09 Å². The van der Waals surface area contributed by atoms with E-state index in [1.807, 2.05) is 26.8 Å². The molecule has 0 aliphatic heterocycles. The minimum absolute atomic E-state index is 0.316. The van der Waals surface area contributed by atoms with E-state index in [9.17, 15) is 14.8 Å². The summed E-state index contributed by atoms with van der Waals surface area (Å²) in [6.07, 6.45) is 2.12. The Hall–Kier alpha value is -3.09. The molecule has 2 rings (SSSR count). The smallest absolute Gasteiger partial charge is 0.410 e. The van der Waals surface area contributed by atoms with Crippen LogP contribution in [0.3, 0.4) is 0 Å². The summed E-state index contributed by atoms with van der Waals surface area (Å²) in [7, 11) is 1.65. The first-order chi connectivity index (χ1) is 12.1. The van der Waals surface area contributed by atoms with Crippen molar-refractivity contribution in [1.82, 2.24) is 4.90 Å². The van der Waals surface area contributed by atoms with E-state index in [0.29, 0.717) is 22.5 Å². The molecule has 26 heavy (non-hydrogen) atoms. The van der Waals surface area contributed by atoms with Gasteiger partial charge in [0.05, 0.1) is 5.56 Å². The Morgan fingerprint density at radius 2 is 1.85 bits per heavy atom. The molecule has 2 aromatic rings. The average Bonchev–Trinajstić information content (AvgIpc) is 2.54. The van der Waals surface area contributed by atoms with E-state index < -0.39 is 11.7 Å². The first-order valence-corrected chi connectivity index (χ1v) is 8.17. The van der Waals surface area contributed by atoms with Gasteiger partial charge in [0.2, 0.25) is 0 Å². The highest BCUT2D eigenvalue weighted by molar-refractivity contribution is 6.04. The molecule has 1 N–H and O–H groups in total. The summed E-state index contributed by atoms with van der Waals surface area (Å²) in [5.74, 6) is -0.316. The number of nitrogens with one attached hydrogen (secondary N) is 1. The summed E-state index contributed by atoms with van der Waals surface area (Å²) in [5.41, 5.74) is 1.28. The second kappa shape index (κ2) is 7.86. The topological polar surface area (TPSA) is 85.6 Å². The van der Waals surface area contributed by atoms with Crippen LogP contribution >= 0.6 is 0 Å². The lowest BCUT2D eigenvalue weighted by Gasteiger charge is -2.24. The van der Waals surface area contributed by atoms with Crippen LogP contribution in [-0.2, 0) is 11.3 Å². The molecule has 7 heteroatoms. The molecule has 138 valence electrons. The van der Waals surface area contributed by atoms with E-state index in [2.05, 4.69) is 5.32 Å². The van der Waals surface area contributed by atoms with Gasteiger partial charge in [-0.2, -0.15) is 4.73 Å². The van der Waals surface area contributed by atoms with Crippen LogP contribution < -0.4 is 10.0 Å². The molecule has 0 radical (unpaired) electrons. The van der Waals surface area contributed by atoms with Crippen LogP contribution in [0.1, 0.15) is 36.7 Å². The Balaban J connectivity index is 2.02. The molecule has 1 heterocycles. The molecule has 7 nitrogen and oxygen atoms in total. The highest BCUT2D eigenvalue weighted by Crippen LogP contribution is 2.15. The van der Waals surface area contributed by atoms with Gasteiger partial charge in [-0.15, -0.1) is 0 Å². The van der Waals surface area contributed by atoms with Crippen LogP contribution in [0.5, 0.6) is 0 Å². The van der Waals surface area contributed by atoms with Gasteiger partial charge in [0.15, 0.2) is 12.4 Å². The zero-order valence-corrected chi connectivity index (χ0v) is 15.4. The molecule has 0 saturated carbocycles. The number of pyridine rings is 1. The lowest BCUT2D eigenvalue weighted by atomic mass is 10.1. The predicted octanol–water partition coefficient (Wildman–Crippen LogP) is 2.94. The number of carbonyl (C=O) groups is 2. The fourth-order valence-corrected chi connectivity index (χ4v) is 2.19. The number of carbonyl (C=O) groups excluding carboxylic acids is 2. The summed E-state index contributed by atoms with van der Waals surface area (Å²) in [5, 5.41) is 13.8. The minimum Gasteiger partial charge on any atom is -0.619 e. The van der Waals surface area contributed by atoms with Crippen molar-refractivity contribution >= 4 is 17.7 Å². The molecule has 1 aromatic carbocycles. The largest absolute Gasteiger partial charge is 0.619 e. The van der Waals surface area contributed by atoms with Crippen molar-refractivity contribution in [3.63, 3.8) is 0 Å². The molecule has 0 saturated heterocycles. The Morgan fingerprint density at radius 3 is 2.46 bits per heavy atom. The van der Waals surface area contributed by atoms with Crippen molar-refractivity contribution in [3.8, 4) is 0 Å². The van der Waals surface area contributed by atoms with Crippen molar-refractivity contribution < 1.29 is 19.1 Å². The van der Waals surface area contributed by atoms with E-state index in [1.165, 1.54) is 29.4 Å². The van der Waals surface area contributed by atoms with Gasteiger partial charge in [-0.1, -0.05) is 12.1 Å². The summed E-state index contributed by atoms with van der Waals surface area (Å²) >= 11 is 0. The summed E-state index contributed by atoms with van der Waals surface area (Å²) in [4.78, 5) is 25.7. The third kappa shape index (κ3) is 5.77. The third-order valence-electron chi connectivity index (χ3n) is 3.37. The molecule has 0 bridgehead atoms. The highest BCUT2D eigenvalue weighted by atomic mass is 16.6. The predicted molar refractivity (Wildman–Crippen MR) is 97.5 cm³/mol. The monoisotopic (exact) mass is 357 g/mol. The van der Waals surface area contributed by atoms with Crippen LogP contribution in [0.25, 0.3) is 0 Å². The first kappa shape index (κ1) is 19.2. The zero-order valence-electron chi connectivity index (χ0n) is 15.4. The fourth-order valence-electron chi connectivity index (χ4n) is 2.19. The summed E-state index contributed by atoms with van der Waals surface area (Å²) < 4.78 is 5.94. The van der Waals surface area contributed by atoms with Gasteiger partial charge in [0.25, 0.3) is 5.91 Å². The molecule has 0 aliphatic carbocycles. The number of ether oxygens (including phenoxy) is 1. The number of nitrogens with zero attached hydrogens (tertiary/aromatic N) is 2. The summed E-state index contributed by atoms with van der Waals surface area (Å²) in [6.45, 7) is 5.78. The van der Waals surface area contributed by atoms with Crippen LogP contribution in [-0.4, -0.2) is 29.5 Å². The van der Waals surface area contributed by atoms with E-state index in [1.54, 1.807) is 25.2 Å². The zero-order chi connectivity index (χ0) is 19.3. The quantitative estimate of drug-likeness (QED) is 0.673. The van der Waals surface area contributed by atoms with Crippen molar-refractivity contribution in [1.29, 1.82) is 0 Å². The molecule has 0 spiro atoms. The van der Waals surface area contributed by atoms with E-state index in [-0.39, 0.29) is 5.91 Å². The third-order valence-corrected chi connectivity index (χ3v) is 3.37. The molecule has 1 aromatic heterocycles. The molecule has 0 fully saturated rings. The first-order valence-electron chi connectivity index (χ1n) is 8.17. The standard InChI is InChI=1S/C19H23N3O4/c1-19(2,3)26-18(24)21(4)13-14-6-5-7-16(12-14)20-17(23)15-8-10-22(25)11-9-15/h5-12H,13H2,1-4H3,(H,20,23). The molecule has 0 aliphatic rings. The van der Waals surface area contributed by atoms with Crippen LogP contribution in [0.4, 0.5) is 10.5 Å². The maximum atomic E-state index is 12.2. The van der Waals surface area contributed by atoms with Crippen LogP contribution in [0, 0.1) is 5.21 Å². The Labute approximate surface area is 152 Å². The lowest BCUT2D eigenvalue weighted by molar-refractivity contribution is -0.605. The van der Waals surface area contributed by atoms with Gasteiger partial charge < -0.3 is 20.2 Å². The van der Waals surface area contributed by atoms with Gasteiger partial charge in [-0.3, -0.25) is 4.79 Å². The number of hydrogen-bond acceptors (Lipinski definition) is 4. The van der Waals surface area contributed by atoms with E-state index in [4.69, 9.17) is 4.74 Å². The van der Waals surface area contributed by atoms with Gasteiger partial charge in [0, 0.05) is 31.4 Å². The SMILES string of the molecule is CN(Cc1cccc(NC(=O)c2cc[n+]([O-])cc2)c1)C(=O)OC(C)(C)C. The second-order valence-electron chi connectivity index (χ2n) is 6.94. The Morgan fingerprint density at radius 1 is 1.19 bits per heavy atom. The number of amides is 2. The van der Waals surface area contributed by atoms with E-state index >= 15 is 0 Å². The molecular weight excluding hydrogens is 334 g/mol. The van der Waals surface area contributed by atoms with Gasteiger partial charge in [-0.25, -0.2) is 4.79 Å². The minimum atomic E-state index is -0.556. The van der Waals surface area contributed by atoms with Crippen molar-refractivity contribution in [2.24, 2.45) is 0 Å². The number of hydrogen-bond donors (Lipinski definition) is 1. The lowest BCUT2D eigenvalue weighted by Crippen LogP contribution is -2.33. The Bertz CT molecular complexity index is 782. The van der Waals surface area contributed by atoms with Gasteiger partial charge in [0.1, 0.15) is 5.60 Å². The normalized spacial score (nSPS) is 10.9. The molecular formula is C19H23N3O4. The Kier molecular flexibility index (Phi) is 5.82. The molecule has 0 unspecified atom stereocenters. The maximum absolute atomic E-state index is 12.2. The molecule has 0 atom stereocenters. The molecule has 2 amide bonds. The second-order valence-corrected chi connectivity index (χ2v) is 6.94. The maximum Gasteiger partial charge on any atom is 0.410 e. The summed E-state index contributed by atoms with van der Waals surface area (Å²) in [6, 6.07) is 10.1. The number of benzene rings is 1. The average molecular weight is 357 g/mol. The van der Waals surface area contributed by atoms with Crippen molar-refractivity contribution in [2.75, 3.05) is 12.4 Å². The van der Waals surface area contributed by atoms with Crippen molar-refractivity contribution in [3.05, 3.63) is 65.1 Å². The number of rotatable bonds is 4. The van der Waals surface area contributed by atoms with Crippen LogP contribution in [0.15, 0.2) is 48.8 Å². The van der Waals surface area contributed by atoms with Crippen molar-refractivity contribution in [2.45, 2.75) is 32.9 Å². The highest BCUT2D eigenvalue weighted by Gasteiger charge is 2.19. The van der Waals surface area contributed by atoms with E-state index in [0.717, 1.165) is 5.56 Å². The number of anilines is 1.